The van der Waals surface area contributed by atoms with Crippen molar-refractivity contribution in [3.63, 3.8) is 0 Å². The number of anilines is 2. The first-order valence-electron chi connectivity index (χ1n) is 12.2. The molecule has 5 rings (SSSR count). The summed E-state index contributed by atoms with van der Waals surface area (Å²) < 4.78 is 5.12. The largest absolute Gasteiger partial charge is 0.377 e. The maximum absolute atomic E-state index is 12.7. The van der Waals surface area contributed by atoms with Crippen molar-refractivity contribution >= 4 is 17.3 Å². The first-order chi connectivity index (χ1) is 17.3. The van der Waals surface area contributed by atoms with Crippen LogP contribution in [-0.2, 0) is 16.0 Å². The zero-order chi connectivity index (χ0) is 25.5. The molecule has 2 aromatic carbocycles. The van der Waals surface area contributed by atoms with Crippen molar-refractivity contribution in [1.29, 1.82) is 0 Å². The van der Waals surface area contributed by atoms with Crippen LogP contribution < -0.4 is 16.2 Å². The molecule has 0 spiro atoms. The van der Waals surface area contributed by atoms with Gasteiger partial charge in [0, 0.05) is 30.3 Å². The molecule has 2 saturated heterocycles. The topological polar surface area (TPSA) is 110 Å². The molecular formula is C27H34N6O3. The number of amides is 1. The van der Waals surface area contributed by atoms with Crippen LogP contribution in [0.4, 0.5) is 11.4 Å². The van der Waals surface area contributed by atoms with Gasteiger partial charge in [0.05, 0.1) is 35.9 Å². The Morgan fingerprint density at radius 1 is 1.14 bits per heavy atom. The van der Waals surface area contributed by atoms with Gasteiger partial charge >= 0.3 is 0 Å². The molecule has 190 valence electrons. The summed E-state index contributed by atoms with van der Waals surface area (Å²) >= 11 is 0. The summed E-state index contributed by atoms with van der Waals surface area (Å²) in [5.41, 5.74) is 9.40. The van der Waals surface area contributed by atoms with Crippen LogP contribution >= 0.6 is 0 Å². The summed E-state index contributed by atoms with van der Waals surface area (Å²) in [5, 5.41) is 5.12. The van der Waals surface area contributed by atoms with E-state index in [9.17, 15) is 4.79 Å². The SMILES string of the molecule is C1CN2NC2CO1.CCc1nccc(-c2ccc(C(=O)Nc3ccccc3NOC(C)(C)C)cc2)n1. The van der Waals surface area contributed by atoms with Crippen molar-refractivity contribution in [2.24, 2.45) is 0 Å². The number of hydrazine groups is 1. The third-order valence-electron chi connectivity index (χ3n) is 5.48. The second-order valence-corrected chi connectivity index (χ2v) is 9.52. The minimum atomic E-state index is -0.356. The van der Waals surface area contributed by atoms with E-state index < -0.39 is 0 Å². The Morgan fingerprint density at radius 3 is 2.53 bits per heavy atom. The number of hydrogen-bond acceptors (Lipinski definition) is 8. The zero-order valence-corrected chi connectivity index (χ0v) is 21.2. The number of benzene rings is 2. The quantitative estimate of drug-likeness (QED) is 0.347. The van der Waals surface area contributed by atoms with Gasteiger partial charge < -0.3 is 10.1 Å². The van der Waals surface area contributed by atoms with Crippen LogP contribution in [0.15, 0.2) is 60.8 Å². The number of para-hydroxylation sites is 2. The summed E-state index contributed by atoms with van der Waals surface area (Å²) in [4.78, 5) is 27.1. The van der Waals surface area contributed by atoms with Crippen LogP contribution in [0.25, 0.3) is 11.3 Å². The van der Waals surface area contributed by atoms with E-state index in [0.717, 1.165) is 43.3 Å². The number of morpholine rings is 1. The Labute approximate surface area is 212 Å². The summed E-state index contributed by atoms with van der Waals surface area (Å²) in [6.07, 6.45) is 3.10. The molecule has 2 aliphatic heterocycles. The second-order valence-electron chi connectivity index (χ2n) is 9.52. The van der Waals surface area contributed by atoms with Crippen molar-refractivity contribution in [2.75, 3.05) is 30.6 Å². The summed E-state index contributed by atoms with van der Waals surface area (Å²) in [6, 6.07) is 16.7. The predicted octanol–water partition coefficient (Wildman–Crippen LogP) is 4.26. The monoisotopic (exact) mass is 490 g/mol. The second kappa shape index (κ2) is 11.6. The van der Waals surface area contributed by atoms with Crippen molar-refractivity contribution in [3.05, 3.63) is 72.2 Å². The number of aryl methyl sites for hydroxylation is 1. The fraction of sp³-hybridized carbons (Fsp3) is 0.370. The molecule has 0 saturated carbocycles. The van der Waals surface area contributed by atoms with Gasteiger partial charge in [0.1, 0.15) is 12.0 Å². The molecule has 9 nitrogen and oxygen atoms in total. The minimum absolute atomic E-state index is 0.196. The average Bonchev–Trinajstić information content (AvgIpc) is 3.68. The fourth-order valence-corrected chi connectivity index (χ4v) is 3.47. The Kier molecular flexibility index (Phi) is 8.27. The molecule has 2 aliphatic rings. The summed E-state index contributed by atoms with van der Waals surface area (Å²) in [5.74, 6) is 0.601. The van der Waals surface area contributed by atoms with Crippen LogP contribution in [0.3, 0.4) is 0 Å². The van der Waals surface area contributed by atoms with Gasteiger partial charge in [-0.1, -0.05) is 31.2 Å². The molecule has 0 bridgehead atoms. The lowest BCUT2D eigenvalue weighted by Gasteiger charge is -2.21. The van der Waals surface area contributed by atoms with E-state index in [-0.39, 0.29) is 11.5 Å². The molecule has 2 fully saturated rings. The molecule has 9 heteroatoms. The summed E-state index contributed by atoms with van der Waals surface area (Å²) in [6.45, 7) is 10.7. The number of fused-ring (bicyclic) bond motifs is 1. The molecule has 36 heavy (non-hydrogen) atoms. The molecule has 1 amide bonds. The lowest BCUT2D eigenvalue weighted by molar-refractivity contribution is 0.0376. The number of nitrogens with zero attached hydrogens (tertiary/aromatic N) is 3. The Hall–Kier alpha value is -3.37. The van der Waals surface area contributed by atoms with Gasteiger partial charge in [-0.2, -0.15) is 0 Å². The standard InChI is InChI=1S/C23H26N4O2.C4H8N2O/c1-5-21-24-15-14-18(25-21)16-10-12-17(13-11-16)22(28)26-19-8-6-7-9-20(19)27-29-23(2,3)4;1-2-7-3-4-5-6(1)4/h6-15,27H,5H2,1-4H3,(H,26,28);4-5H,1-3H2. The maximum atomic E-state index is 12.7. The van der Waals surface area contributed by atoms with Crippen molar-refractivity contribution in [2.45, 2.75) is 45.9 Å². The fourth-order valence-electron chi connectivity index (χ4n) is 3.47. The smallest absolute Gasteiger partial charge is 0.255 e. The van der Waals surface area contributed by atoms with Gasteiger partial charge in [-0.05, 0) is 51.1 Å². The van der Waals surface area contributed by atoms with Gasteiger partial charge in [0.25, 0.3) is 5.91 Å². The van der Waals surface area contributed by atoms with Gasteiger partial charge in [0.15, 0.2) is 0 Å². The van der Waals surface area contributed by atoms with Crippen LogP contribution in [0.2, 0.25) is 0 Å². The Bertz CT molecular complexity index is 1150. The van der Waals surface area contributed by atoms with E-state index in [1.54, 1.807) is 18.3 Å². The first-order valence-corrected chi connectivity index (χ1v) is 12.2. The molecule has 0 radical (unpaired) electrons. The number of hydrogen-bond donors (Lipinski definition) is 3. The molecular weight excluding hydrogens is 456 g/mol. The van der Waals surface area contributed by atoms with E-state index in [1.807, 2.05) is 70.2 Å². The zero-order valence-electron chi connectivity index (χ0n) is 21.2. The molecule has 2 atom stereocenters. The van der Waals surface area contributed by atoms with Crippen molar-refractivity contribution in [1.82, 2.24) is 20.4 Å². The Balaban J connectivity index is 0.000000367. The molecule has 3 aromatic rings. The summed E-state index contributed by atoms with van der Waals surface area (Å²) in [7, 11) is 0. The van der Waals surface area contributed by atoms with Crippen LogP contribution in [0.1, 0.15) is 43.9 Å². The van der Waals surface area contributed by atoms with Crippen molar-refractivity contribution < 1.29 is 14.4 Å². The lowest BCUT2D eigenvalue weighted by Crippen LogP contribution is -2.23. The molecule has 3 N–H and O–H groups in total. The van der Waals surface area contributed by atoms with E-state index in [0.29, 0.717) is 23.1 Å². The van der Waals surface area contributed by atoms with Gasteiger partial charge in [0.2, 0.25) is 0 Å². The van der Waals surface area contributed by atoms with Gasteiger partial charge in [-0.25, -0.2) is 20.4 Å². The van der Waals surface area contributed by atoms with E-state index in [1.165, 1.54) is 0 Å². The molecule has 3 heterocycles. The third-order valence-corrected chi connectivity index (χ3v) is 5.48. The number of ether oxygens (including phenoxy) is 1. The van der Waals surface area contributed by atoms with E-state index in [4.69, 9.17) is 9.57 Å². The highest BCUT2D eigenvalue weighted by molar-refractivity contribution is 6.06. The number of rotatable bonds is 6. The highest BCUT2D eigenvalue weighted by atomic mass is 16.7. The number of carbonyl (C=O) groups excluding carboxylic acids is 1. The highest BCUT2D eigenvalue weighted by Gasteiger charge is 2.35. The first kappa shape index (κ1) is 25.7. The predicted molar refractivity (Wildman–Crippen MR) is 140 cm³/mol. The van der Waals surface area contributed by atoms with Crippen LogP contribution in [0.5, 0.6) is 0 Å². The van der Waals surface area contributed by atoms with Crippen LogP contribution in [0, 0.1) is 0 Å². The molecule has 0 aliphatic carbocycles. The number of nitrogens with one attached hydrogen (secondary N) is 3. The number of carbonyl (C=O) groups is 1. The number of aromatic nitrogens is 2. The normalized spacial score (nSPS) is 18.3. The van der Waals surface area contributed by atoms with E-state index in [2.05, 4.69) is 31.2 Å². The minimum Gasteiger partial charge on any atom is -0.377 e. The van der Waals surface area contributed by atoms with Gasteiger partial charge in [-0.3, -0.25) is 15.1 Å². The lowest BCUT2D eigenvalue weighted by atomic mass is 10.1. The Morgan fingerprint density at radius 2 is 1.89 bits per heavy atom. The van der Waals surface area contributed by atoms with Crippen LogP contribution in [-0.4, -0.2) is 52.4 Å². The van der Waals surface area contributed by atoms with E-state index >= 15 is 0 Å². The van der Waals surface area contributed by atoms with Gasteiger partial charge in [-0.15, -0.1) is 0 Å². The maximum Gasteiger partial charge on any atom is 0.255 e. The van der Waals surface area contributed by atoms with Crippen molar-refractivity contribution in [3.8, 4) is 11.3 Å². The highest BCUT2D eigenvalue weighted by Crippen LogP contribution is 2.24. The average molecular weight is 491 g/mol. The third kappa shape index (κ3) is 7.32. The molecule has 2 unspecified atom stereocenters. The molecule has 1 aromatic heterocycles.